The normalized spacial score (nSPS) is 11.0. The Kier molecular flexibility index (Phi) is 6.66. The Morgan fingerprint density at radius 3 is 2.31 bits per heavy atom. The van der Waals surface area contributed by atoms with Gasteiger partial charge in [0, 0.05) is 17.5 Å². The van der Waals surface area contributed by atoms with Crippen molar-refractivity contribution in [3.8, 4) is 22.5 Å². The highest BCUT2D eigenvalue weighted by molar-refractivity contribution is 5.81. The van der Waals surface area contributed by atoms with Crippen molar-refractivity contribution in [3.63, 3.8) is 0 Å². The van der Waals surface area contributed by atoms with Crippen LogP contribution < -0.4 is 5.69 Å². The van der Waals surface area contributed by atoms with E-state index in [0.717, 1.165) is 46.4 Å². The van der Waals surface area contributed by atoms with E-state index in [2.05, 4.69) is 27.5 Å². The van der Waals surface area contributed by atoms with Crippen LogP contribution in [-0.2, 0) is 19.4 Å². The van der Waals surface area contributed by atoms with Crippen LogP contribution in [0.5, 0.6) is 0 Å². The molecule has 0 aliphatic rings. The minimum atomic E-state index is -0.300. The third-order valence-electron chi connectivity index (χ3n) is 6.15. The van der Waals surface area contributed by atoms with Gasteiger partial charge in [0.05, 0.1) is 13.0 Å². The molecule has 8 heteroatoms. The van der Waals surface area contributed by atoms with E-state index in [1.165, 1.54) is 4.57 Å². The summed E-state index contributed by atoms with van der Waals surface area (Å²) in [6, 6.07) is 25.4. The molecule has 2 heterocycles. The molecule has 36 heavy (non-hydrogen) atoms. The zero-order chi connectivity index (χ0) is 24.9. The molecule has 8 nitrogen and oxygen atoms in total. The van der Waals surface area contributed by atoms with Crippen LogP contribution in [0.3, 0.4) is 0 Å². The van der Waals surface area contributed by atoms with E-state index in [1.54, 1.807) is 10.8 Å². The summed E-state index contributed by atoms with van der Waals surface area (Å²) >= 11 is 0. The standard InChI is InChI=1S/C28H26N6O2/c1-2-8-23-19-34(26(35)17-20-9-4-3-5-10-20)28(36)33(23)18-21-13-15-22(16-14-21)24-11-6-7-12-25(24)27-29-31-32-30-27/h3-7,9-16,19H,2,8,17-18H2,1H3,(H,29,30,31,32). The molecule has 0 atom stereocenters. The van der Waals surface area contributed by atoms with Crippen molar-refractivity contribution >= 4 is 5.91 Å². The third-order valence-corrected chi connectivity index (χ3v) is 6.15. The maximum atomic E-state index is 13.2. The summed E-state index contributed by atoms with van der Waals surface area (Å²) < 4.78 is 2.96. The van der Waals surface area contributed by atoms with Gasteiger partial charge in [-0.3, -0.25) is 9.36 Å². The number of nitrogens with one attached hydrogen (secondary N) is 1. The second-order valence-electron chi connectivity index (χ2n) is 8.64. The predicted molar refractivity (Wildman–Crippen MR) is 138 cm³/mol. The first-order chi connectivity index (χ1) is 17.6. The molecular weight excluding hydrogens is 452 g/mol. The van der Waals surface area contributed by atoms with Crippen molar-refractivity contribution in [2.75, 3.05) is 0 Å². The van der Waals surface area contributed by atoms with Gasteiger partial charge in [-0.1, -0.05) is 92.2 Å². The van der Waals surface area contributed by atoms with Gasteiger partial charge in [0.2, 0.25) is 11.7 Å². The van der Waals surface area contributed by atoms with Gasteiger partial charge < -0.3 is 0 Å². The van der Waals surface area contributed by atoms with Crippen molar-refractivity contribution in [1.82, 2.24) is 29.8 Å². The summed E-state index contributed by atoms with van der Waals surface area (Å²) in [4.78, 5) is 26.2. The summed E-state index contributed by atoms with van der Waals surface area (Å²) in [5.74, 6) is 0.308. The molecule has 2 aromatic heterocycles. The Bertz CT molecular complexity index is 1520. The van der Waals surface area contributed by atoms with Crippen molar-refractivity contribution in [2.45, 2.75) is 32.7 Å². The molecule has 1 N–H and O–H groups in total. The van der Waals surface area contributed by atoms with E-state index >= 15 is 0 Å². The number of tetrazole rings is 1. The van der Waals surface area contributed by atoms with Gasteiger partial charge in [0.15, 0.2) is 0 Å². The van der Waals surface area contributed by atoms with Crippen LogP contribution in [-0.4, -0.2) is 35.7 Å². The van der Waals surface area contributed by atoms with Gasteiger partial charge in [-0.25, -0.2) is 9.36 Å². The fraction of sp³-hybridized carbons (Fsp3) is 0.179. The van der Waals surface area contributed by atoms with E-state index < -0.39 is 0 Å². The number of rotatable bonds is 8. The van der Waals surface area contributed by atoms with Gasteiger partial charge in [-0.15, -0.1) is 10.2 Å². The molecule has 0 aliphatic heterocycles. The Balaban J connectivity index is 1.41. The third kappa shape index (κ3) is 4.79. The van der Waals surface area contributed by atoms with Crippen molar-refractivity contribution < 1.29 is 4.79 Å². The molecular formula is C28H26N6O2. The fourth-order valence-electron chi connectivity index (χ4n) is 4.36. The molecule has 0 bridgehead atoms. The number of carbonyl (C=O) groups excluding carboxylic acids is 1. The van der Waals surface area contributed by atoms with E-state index in [0.29, 0.717) is 12.4 Å². The van der Waals surface area contributed by atoms with Crippen LogP contribution in [0, 0.1) is 0 Å². The van der Waals surface area contributed by atoms with Crippen LogP contribution in [0.2, 0.25) is 0 Å². The minimum absolute atomic E-state index is 0.185. The highest BCUT2D eigenvalue weighted by Crippen LogP contribution is 2.29. The molecule has 0 amide bonds. The summed E-state index contributed by atoms with van der Waals surface area (Å²) in [5, 5.41) is 14.4. The topological polar surface area (TPSA) is 98.5 Å². The Hall–Kier alpha value is -4.59. The van der Waals surface area contributed by atoms with Crippen molar-refractivity contribution in [2.24, 2.45) is 0 Å². The van der Waals surface area contributed by atoms with Gasteiger partial charge >= 0.3 is 5.69 Å². The molecule has 0 spiro atoms. The number of hydrogen-bond donors (Lipinski definition) is 1. The average molecular weight is 479 g/mol. The second-order valence-corrected chi connectivity index (χ2v) is 8.64. The summed E-state index contributed by atoms with van der Waals surface area (Å²) in [7, 11) is 0. The summed E-state index contributed by atoms with van der Waals surface area (Å²) in [6.07, 6.45) is 3.48. The lowest BCUT2D eigenvalue weighted by Gasteiger charge is -2.10. The Morgan fingerprint density at radius 1 is 0.889 bits per heavy atom. The van der Waals surface area contributed by atoms with E-state index in [-0.39, 0.29) is 18.0 Å². The SMILES string of the molecule is CCCc1cn(C(=O)Cc2ccccc2)c(=O)n1Cc1ccc(-c2ccccc2-c2nn[nH]n2)cc1. The smallest absolute Gasteiger partial charge is 0.292 e. The summed E-state index contributed by atoms with van der Waals surface area (Å²) in [6.45, 7) is 2.46. The maximum absolute atomic E-state index is 13.2. The first-order valence-corrected chi connectivity index (χ1v) is 11.9. The zero-order valence-electron chi connectivity index (χ0n) is 20.0. The van der Waals surface area contributed by atoms with Crippen LogP contribution in [0.4, 0.5) is 0 Å². The first kappa shape index (κ1) is 23.2. The van der Waals surface area contributed by atoms with Crippen LogP contribution >= 0.6 is 0 Å². The number of aromatic nitrogens is 6. The molecule has 0 saturated heterocycles. The molecule has 0 unspecified atom stereocenters. The lowest BCUT2D eigenvalue weighted by atomic mass is 9.98. The second kappa shape index (κ2) is 10.4. The molecule has 5 rings (SSSR count). The number of imidazole rings is 1. The maximum Gasteiger partial charge on any atom is 0.335 e. The van der Waals surface area contributed by atoms with Gasteiger partial charge in [0.1, 0.15) is 0 Å². The van der Waals surface area contributed by atoms with E-state index in [1.807, 2.05) is 78.9 Å². The number of benzene rings is 3. The highest BCUT2D eigenvalue weighted by atomic mass is 16.2. The monoisotopic (exact) mass is 478 g/mol. The molecule has 0 saturated carbocycles. The average Bonchev–Trinajstić information content (AvgIpc) is 3.55. The van der Waals surface area contributed by atoms with E-state index in [9.17, 15) is 9.59 Å². The molecule has 180 valence electrons. The number of nitrogens with zero attached hydrogens (tertiary/aromatic N) is 5. The van der Waals surface area contributed by atoms with Crippen LogP contribution in [0.25, 0.3) is 22.5 Å². The van der Waals surface area contributed by atoms with Crippen LogP contribution in [0.15, 0.2) is 89.9 Å². The Morgan fingerprint density at radius 2 is 1.61 bits per heavy atom. The van der Waals surface area contributed by atoms with Crippen molar-refractivity contribution in [1.29, 1.82) is 0 Å². The highest BCUT2D eigenvalue weighted by Gasteiger charge is 2.17. The molecule has 0 radical (unpaired) electrons. The van der Waals surface area contributed by atoms with E-state index in [4.69, 9.17) is 0 Å². The minimum Gasteiger partial charge on any atom is -0.292 e. The lowest BCUT2D eigenvalue weighted by molar-refractivity contribution is 0.0909. The molecule has 3 aromatic carbocycles. The van der Waals surface area contributed by atoms with Gasteiger partial charge in [-0.2, -0.15) is 5.21 Å². The van der Waals surface area contributed by atoms with Crippen molar-refractivity contribution in [3.05, 3.63) is 112 Å². The lowest BCUT2D eigenvalue weighted by Crippen LogP contribution is -2.30. The molecule has 0 aliphatic carbocycles. The molecule has 0 fully saturated rings. The number of aryl methyl sites for hydroxylation is 1. The largest absolute Gasteiger partial charge is 0.335 e. The fourth-order valence-corrected chi connectivity index (χ4v) is 4.36. The van der Waals surface area contributed by atoms with Gasteiger partial charge in [0.25, 0.3) is 0 Å². The van der Waals surface area contributed by atoms with Crippen LogP contribution in [0.1, 0.15) is 35.0 Å². The first-order valence-electron chi connectivity index (χ1n) is 11.9. The van der Waals surface area contributed by atoms with Gasteiger partial charge in [-0.05, 0) is 33.9 Å². The number of hydrogen-bond acceptors (Lipinski definition) is 5. The summed E-state index contributed by atoms with van der Waals surface area (Å²) in [5.41, 5.74) is 5.30. The predicted octanol–water partition coefficient (Wildman–Crippen LogP) is 4.38. The quantitative estimate of drug-likeness (QED) is 0.357. The Labute approximate surface area is 208 Å². The number of aromatic amines is 1. The molecule has 5 aromatic rings. The zero-order valence-corrected chi connectivity index (χ0v) is 20.0. The number of carbonyl (C=O) groups is 1. The number of H-pyrrole nitrogens is 1.